The van der Waals surface area contributed by atoms with Crippen molar-refractivity contribution in [2.45, 2.75) is 31.3 Å². The average molecular weight is 448 g/mol. The van der Waals surface area contributed by atoms with Crippen LogP contribution in [0.2, 0.25) is 0 Å². The number of carbonyl (C=O) groups excluding carboxylic acids is 1. The highest BCUT2D eigenvalue weighted by Gasteiger charge is 2.38. The maximum Gasteiger partial charge on any atom is 0.322 e. The van der Waals surface area contributed by atoms with Gasteiger partial charge < -0.3 is 15.1 Å². The molecule has 5 heteroatoms. The molecule has 166 valence electrons. The van der Waals surface area contributed by atoms with Gasteiger partial charge in [-0.1, -0.05) is 78.9 Å². The van der Waals surface area contributed by atoms with Crippen molar-refractivity contribution in [1.82, 2.24) is 9.80 Å². The van der Waals surface area contributed by atoms with Gasteiger partial charge in [0.05, 0.1) is 6.04 Å². The number of piperidine rings is 1. The second-order valence-electron chi connectivity index (χ2n) is 8.55. The van der Waals surface area contributed by atoms with E-state index in [9.17, 15) is 4.79 Å². The van der Waals surface area contributed by atoms with E-state index in [4.69, 9.17) is 0 Å². The molecular formula is C27H30ClN3O. The Morgan fingerprint density at radius 2 is 1.44 bits per heavy atom. The van der Waals surface area contributed by atoms with Crippen molar-refractivity contribution in [1.29, 1.82) is 0 Å². The number of urea groups is 1. The molecule has 0 saturated carbocycles. The third kappa shape index (κ3) is 4.67. The van der Waals surface area contributed by atoms with Gasteiger partial charge in [0.1, 0.15) is 0 Å². The van der Waals surface area contributed by atoms with Gasteiger partial charge in [0.25, 0.3) is 0 Å². The number of hydrogen-bond acceptors (Lipinski definition) is 2. The number of rotatable bonds is 5. The van der Waals surface area contributed by atoms with Crippen molar-refractivity contribution in [3.05, 3.63) is 102 Å². The molecule has 2 aliphatic heterocycles. The van der Waals surface area contributed by atoms with Crippen LogP contribution in [-0.4, -0.2) is 41.5 Å². The summed E-state index contributed by atoms with van der Waals surface area (Å²) in [6.07, 6.45) is 3.09. The number of amides is 2. The number of fused-ring (bicyclic) bond motifs is 1. The smallest absolute Gasteiger partial charge is 0.310 e. The van der Waals surface area contributed by atoms with E-state index in [0.29, 0.717) is 0 Å². The molecule has 0 bridgehead atoms. The number of hydrogen-bond donors (Lipinski definition) is 1. The number of para-hydroxylation sites is 1. The molecule has 3 aromatic rings. The van der Waals surface area contributed by atoms with Gasteiger partial charge in [-0.25, -0.2) is 4.79 Å². The Hall–Kier alpha value is -2.82. The molecule has 1 N–H and O–H groups in total. The van der Waals surface area contributed by atoms with Crippen LogP contribution in [0.15, 0.2) is 84.9 Å². The zero-order valence-electron chi connectivity index (χ0n) is 18.2. The number of benzene rings is 3. The van der Waals surface area contributed by atoms with E-state index in [-0.39, 0.29) is 30.5 Å². The second-order valence-corrected chi connectivity index (χ2v) is 8.55. The standard InChI is InChI=1S/C27H29N3O.ClH/c31-27-28-25-14-8-7-13-24(25)26(22-11-5-2-6-12-22)30(27)23-16-19-29(20-17-23)18-15-21-9-3-1-4-10-21;/h1-14,23,26H,15-20H2,(H,28,31);1H. The fourth-order valence-electron chi connectivity index (χ4n) is 5.00. The highest BCUT2D eigenvalue weighted by molar-refractivity contribution is 5.93. The van der Waals surface area contributed by atoms with Crippen molar-refractivity contribution in [2.24, 2.45) is 0 Å². The van der Waals surface area contributed by atoms with Crippen molar-refractivity contribution < 1.29 is 4.79 Å². The summed E-state index contributed by atoms with van der Waals surface area (Å²) in [5.74, 6) is 0. The molecule has 0 radical (unpaired) electrons. The third-order valence-electron chi connectivity index (χ3n) is 6.63. The number of halogens is 1. The van der Waals surface area contributed by atoms with Crippen LogP contribution in [0.3, 0.4) is 0 Å². The van der Waals surface area contributed by atoms with E-state index in [1.54, 1.807) is 0 Å². The Labute approximate surface area is 196 Å². The first kappa shape index (κ1) is 22.4. The van der Waals surface area contributed by atoms with Crippen LogP contribution in [0.1, 0.15) is 35.6 Å². The summed E-state index contributed by atoms with van der Waals surface area (Å²) < 4.78 is 0. The zero-order valence-corrected chi connectivity index (χ0v) is 19.0. The lowest BCUT2D eigenvalue weighted by Gasteiger charge is -2.45. The monoisotopic (exact) mass is 447 g/mol. The van der Waals surface area contributed by atoms with Gasteiger partial charge in [-0.2, -0.15) is 0 Å². The Bertz CT molecular complexity index is 1020. The zero-order chi connectivity index (χ0) is 21.0. The van der Waals surface area contributed by atoms with E-state index in [1.165, 1.54) is 16.7 Å². The van der Waals surface area contributed by atoms with Gasteiger partial charge >= 0.3 is 6.03 Å². The molecule has 0 aliphatic carbocycles. The molecular weight excluding hydrogens is 418 g/mol. The van der Waals surface area contributed by atoms with Crippen LogP contribution in [-0.2, 0) is 6.42 Å². The van der Waals surface area contributed by atoms with E-state index < -0.39 is 0 Å². The fraction of sp³-hybridized carbons (Fsp3) is 0.296. The molecule has 1 unspecified atom stereocenters. The number of carbonyl (C=O) groups is 1. The summed E-state index contributed by atoms with van der Waals surface area (Å²) >= 11 is 0. The summed E-state index contributed by atoms with van der Waals surface area (Å²) in [4.78, 5) is 17.9. The summed E-state index contributed by atoms with van der Waals surface area (Å²) in [5.41, 5.74) is 4.68. The molecule has 1 fully saturated rings. The summed E-state index contributed by atoms with van der Waals surface area (Å²) in [7, 11) is 0. The number of nitrogens with one attached hydrogen (secondary N) is 1. The van der Waals surface area contributed by atoms with Crippen LogP contribution < -0.4 is 5.32 Å². The van der Waals surface area contributed by atoms with Gasteiger partial charge in [-0.15, -0.1) is 12.4 Å². The van der Waals surface area contributed by atoms with Crippen molar-refractivity contribution in [3.63, 3.8) is 0 Å². The predicted molar refractivity (Wildman–Crippen MR) is 132 cm³/mol. The largest absolute Gasteiger partial charge is 0.322 e. The van der Waals surface area contributed by atoms with Crippen molar-refractivity contribution >= 4 is 24.1 Å². The van der Waals surface area contributed by atoms with E-state index in [1.807, 2.05) is 18.2 Å². The lowest BCUT2D eigenvalue weighted by molar-refractivity contribution is 0.109. The molecule has 1 saturated heterocycles. The highest BCUT2D eigenvalue weighted by Crippen LogP contribution is 2.40. The summed E-state index contributed by atoms with van der Waals surface area (Å²) in [6.45, 7) is 3.14. The van der Waals surface area contributed by atoms with Gasteiger partial charge in [-0.05, 0) is 36.5 Å². The minimum absolute atomic E-state index is 0. The first-order valence-corrected chi connectivity index (χ1v) is 11.3. The first-order valence-electron chi connectivity index (χ1n) is 11.3. The van der Waals surface area contributed by atoms with Gasteiger partial charge in [0, 0.05) is 36.9 Å². The Morgan fingerprint density at radius 3 is 2.16 bits per heavy atom. The average Bonchev–Trinajstić information content (AvgIpc) is 2.83. The minimum Gasteiger partial charge on any atom is -0.310 e. The van der Waals surface area contributed by atoms with E-state index in [0.717, 1.165) is 44.6 Å². The van der Waals surface area contributed by atoms with Gasteiger partial charge in [-0.3, -0.25) is 0 Å². The third-order valence-corrected chi connectivity index (χ3v) is 6.63. The van der Waals surface area contributed by atoms with E-state index >= 15 is 0 Å². The highest BCUT2D eigenvalue weighted by atomic mass is 35.5. The Kier molecular flexibility index (Phi) is 7.13. The molecule has 3 aromatic carbocycles. The van der Waals surface area contributed by atoms with Crippen LogP contribution in [0.25, 0.3) is 0 Å². The van der Waals surface area contributed by atoms with Gasteiger partial charge in [0.2, 0.25) is 0 Å². The van der Waals surface area contributed by atoms with E-state index in [2.05, 4.69) is 81.8 Å². The molecule has 0 aromatic heterocycles. The van der Waals surface area contributed by atoms with Crippen LogP contribution in [0.4, 0.5) is 10.5 Å². The molecule has 5 rings (SSSR count). The lowest BCUT2D eigenvalue weighted by Crippen LogP contribution is -2.52. The maximum atomic E-state index is 13.2. The Balaban J connectivity index is 0.00000245. The molecule has 2 amide bonds. The summed E-state index contributed by atoms with van der Waals surface area (Å²) in [5, 5.41) is 3.14. The quantitative estimate of drug-likeness (QED) is 0.540. The van der Waals surface area contributed by atoms with Crippen molar-refractivity contribution in [3.8, 4) is 0 Å². The summed E-state index contributed by atoms with van der Waals surface area (Å²) in [6, 6.07) is 29.6. The number of likely N-dealkylation sites (tertiary alicyclic amines) is 1. The molecule has 4 nitrogen and oxygen atoms in total. The topological polar surface area (TPSA) is 35.6 Å². The van der Waals surface area contributed by atoms with Crippen LogP contribution >= 0.6 is 12.4 Å². The maximum absolute atomic E-state index is 13.2. The second kappa shape index (κ2) is 10.2. The molecule has 2 heterocycles. The molecule has 1 atom stereocenters. The number of anilines is 1. The normalized spacial score (nSPS) is 19.1. The first-order chi connectivity index (χ1) is 15.3. The van der Waals surface area contributed by atoms with Crippen LogP contribution in [0, 0.1) is 0 Å². The molecule has 2 aliphatic rings. The van der Waals surface area contributed by atoms with Gasteiger partial charge in [0.15, 0.2) is 0 Å². The fourth-order valence-corrected chi connectivity index (χ4v) is 5.00. The predicted octanol–water partition coefficient (Wildman–Crippen LogP) is 5.75. The minimum atomic E-state index is -0.0352. The molecule has 0 spiro atoms. The molecule has 32 heavy (non-hydrogen) atoms. The lowest BCUT2D eigenvalue weighted by atomic mass is 9.90. The Morgan fingerprint density at radius 1 is 0.812 bits per heavy atom. The number of nitrogens with zero attached hydrogens (tertiary/aromatic N) is 2. The SMILES string of the molecule is Cl.O=C1Nc2ccccc2C(c2ccccc2)N1C1CCN(CCc2ccccc2)CC1. The van der Waals surface area contributed by atoms with Crippen molar-refractivity contribution in [2.75, 3.05) is 25.0 Å². The van der Waals surface area contributed by atoms with Crippen LogP contribution in [0.5, 0.6) is 0 Å².